The van der Waals surface area contributed by atoms with Gasteiger partial charge in [0.05, 0.1) is 0 Å². The van der Waals surface area contributed by atoms with Gasteiger partial charge in [0.1, 0.15) is 11.4 Å². The topological polar surface area (TPSA) is 54.7 Å². The van der Waals surface area contributed by atoms with Crippen LogP contribution in [0.3, 0.4) is 0 Å². The molecular weight excluding hydrogens is 300 g/mol. The minimum absolute atomic E-state index is 0.0965. The molecule has 2 aromatic rings. The van der Waals surface area contributed by atoms with Crippen LogP contribution in [0.15, 0.2) is 18.2 Å². The first-order valence-corrected chi connectivity index (χ1v) is 5.61. The van der Waals surface area contributed by atoms with Gasteiger partial charge in [0.25, 0.3) is 0 Å². The van der Waals surface area contributed by atoms with Crippen LogP contribution in [0.1, 0.15) is 17.1 Å². The number of rotatable bonds is 1. The summed E-state index contributed by atoms with van der Waals surface area (Å²) in [5, 5.41) is 0. The Balaban J connectivity index is 2.66. The third-order valence-electron chi connectivity index (χ3n) is 2.80. The van der Waals surface area contributed by atoms with E-state index in [0.29, 0.717) is 11.3 Å². The fourth-order valence-corrected chi connectivity index (χ4v) is 1.74. The molecule has 0 aliphatic rings. The normalized spacial score (nSPS) is 12.7. The molecule has 0 atom stereocenters. The molecule has 0 amide bonds. The number of H-pyrrole nitrogens is 1. The lowest BCUT2D eigenvalue weighted by molar-refractivity contribution is -0.149. The van der Waals surface area contributed by atoms with Gasteiger partial charge in [-0.25, -0.2) is 4.98 Å². The van der Waals surface area contributed by atoms with E-state index >= 15 is 0 Å². The van der Waals surface area contributed by atoms with E-state index in [0.717, 1.165) is 0 Å². The molecule has 2 rings (SSSR count). The fourth-order valence-electron chi connectivity index (χ4n) is 1.74. The Bertz CT molecular complexity index is 669. The molecule has 1 heterocycles. The van der Waals surface area contributed by atoms with Gasteiger partial charge in [0.15, 0.2) is 0 Å². The van der Waals surface area contributed by atoms with Crippen LogP contribution in [0.2, 0.25) is 0 Å². The number of nitrogens with one attached hydrogen (secondary N) is 1. The van der Waals surface area contributed by atoms with Crippen LogP contribution >= 0.6 is 0 Å². The van der Waals surface area contributed by atoms with E-state index in [9.17, 15) is 26.3 Å². The number of benzene rings is 1. The van der Waals surface area contributed by atoms with Crippen LogP contribution in [0.4, 0.5) is 32.0 Å². The van der Waals surface area contributed by atoms with Gasteiger partial charge in [-0.05, 0) is 24.6 Å². The molecule has 0 fully saturated rings. The second-order valence-corrected chi connectivity index (χ2v) is 4.38. The lowest BCUT2D eigenvalue weighted by Gasteiger charge is -2.08. The maximum Gasteiger partial charge on any atom is 0.449 e. The molecule has 0 bridgehead atoms. The molecule has 0 radical (unpaired) electrons. The predicted molar refractivity (Wildman–Crippen MR) is 63.2 cm³/mol. The molecule has 1 aromatic heterocycles. The van der Waals surface area contributed by atoms with Crippen molar-refractivity contribution in [2.75, 3.05) is 5.73 Å². The monoisotopic (exact) mass is 309 g/mol. The number of aromatic nitrogens is 2. The Morgan fingerprint density at radius 2 is 1.67 bits per heavy atom. The maximum absolute atomic E-state index is 12.9. The van der Waals surface area contributed by atoms with E-state index in [1.165, 1.54) is 30.1 Å². The average Bonchev–Trinajstić information content (AvgIpc) is 2.77. The van der Waals surface area contributed by atoms with Gasteiger partial charge < -0.3 is 10.7 Å². The van der Waals surface area contributed by atoms with E-state index in [-0.39, 0.29) is 5.56 Å². The van der Waals surface area contributed by atoms with E-state index in [2.05, 4.69) is 4.98 Å². The summed E-state index contributed by atoms with van der Waals surface area (Å²) in [5.41, 5.74) is 3.85. The SMILES string of the molecule is Cc1cc(-c2nc(C(F)(F)F)[nH]c2C(F)(F)F)ccc1N. The quantitative estimate of drug-likeness (QED) is 0.618. The number of hydrogen-bond donors (Lipinski definition) is 2. The highest BCUT2D eigenvalue weighted by Gasteiger charge is 2.42. The van der Waals surface area contributed by atoms with Crippen LogP contribution in [0.5, 0.6) is 0 Å². The summed E-state index contributed by atoms with van der Waals surface area (Å²) in [6.45, 7) is 1.53. The van der Waals surface area contributed by atoms with E-state index in [1.807, 2.05) is 0 Å². The number of anilines is 1. The summed E-state index contributed by atoms with van der Waals surface area (Å²) in [6.07, 6.45) is -9.98. The summed E-state index contributed by atoms with van der Waals surface area (Å²) in [5.74, 6) is -1.70. The van der Waals surface area contributed by atoms with Gasteiger partial charge in [-0.3, -0.25) is 0 Å². The summed E-state index contributed by atoms with van der Waals surface area (Å²) in [7, 11) is 0. The Labute approximate surface area is 114 Å². The number of nitrogens with zero attached hydrogens (tertiary/aromatic N) is 1. The standard InChI is InChI=1S/C12H9F6N3/c1-5-4-6(2-3-7(5)19)8-9(11(13,14)15)21-10(20-8)12(16,17)18/h2-4H,19H2,1H3,(H,20,21). The van der Waals surface area contributed by atoms with Crippen LogP contribution in [-0.2, 0) is 12.4 Å². The Morgan fingerprint density at radius 3 is 2.14 bits per heavy atom. The van der Waals surface area contributed by atoms with Crippen molar-refractivity contribution < 1.29 is 26.3 Å². The van der Waals surface area contributed by atoms with E-state index in [1.54, 1.807) is 0 Å². The number of aryl methyl sites for hydroxylation is 1. The van der Waals surface area contributed by atoms with Crippen molar-refractivity contribution in [1.82, 2.24) is 9.97 Å². The fraction of sp³-hybridized carbons (Fsp3) is 0.250. The predicted octanol–water partition coefficient (Wildman–Crippen LogP) is 4.00. The van der Waals surface area contributed by atoms with Crippen molar-refractivity contribution in [3.05, 3.63) is 35.3 Å². The molecule has 114 valence electrons. The van der Waals surface area contributed by atoms with Crippen molar-refractivity contribution in [2.45, 2.75) is 19.3 Å². The van der Waals surface area contributed by atoms with Crippen molar-refractivity contribution in [1.29, 1.82) is 0 Å². The lowest BCUT2D eigenvalue weighted by atomic mass is 10.1. The number of nitrogens with two attached hydrogens (primary N) is 1. The molecular formula is C12H9F6N3. The minimum atomic E-state index is -5.00. The molecule has 9 heteroatoms. The number of alkyl halides is 6. The van der Waals surface area contributed by atoms with Gasteiger partial charge in [-0.2, -0.15) is 26.3 Å². The van der Waals surface area contributed by atoms with Gasteiger partial charge in [-0.15, -0.1) is 0 Å². The minimum Gasteiger partial charge on any atom is -0.399 e. The summed E-state index contributed by atoms with van der Waals surface area (Å²) >= 11 is 0. The number of aromatic amines is 1. The molecule has 0 saturated carbocycles. The Hall–Kier alpha value is -2.19. The molecule has 0 spiro atoms. The van der Waals surface area contributed by atoms with Crippen molar-refractivity contribution >= 4 is 5.69 Å². The maximum atomic E-state index is 12.9. The summed E-state index contributed by atoms with van der Waals surface area (Å²) in [4.78, 5) is 4.35. The number of halogens is 6. The lowest BCUT2D eigenvalue weighted by Crippen LogP contribution is -2.10. The van der Waals surface area contributed by atoms with Gasteiger partial charge in [0.2, 0.25) is 5.82 Å². The zero-order chi connectivity index (χ0) is 16.0. The zero-order valence-corrected chi connectivity index (χ0v) is 10.5. The molecule has 0 saturated heterocycles. The molecule has 1 aromatic carbocycles. The number of nitrogen functional groups attached to an aromatic ring is 1. The molecule has 0 unspecified atom stereocenters. The van der Waals surface area contributed by atoms with Crippen LogP contribution in [0, 0.1) is 6.92 Å². The number of hydrogen-bond acceptors (Lipinski definition) is 2. The smallest absolute Gasteiger partial charge is 0.399 e. The Morgan fingerprint density at radius 1 is 1.05 bits per heavy atom. The molecule has 0 aliphatic heterocycles. The van der Waals surface area contributed by atoms with E-state index in [4.69, 9.17) is 5.73 Å². The molecule has 3 nitrogen and oxygen atoms in total. The third-order valence-corrected chi connectivity index (χ3v) is 2.80. The largest absolute Gasteiger partial charge is 0.449 e. The molecule has 21 heavy (non-hydrogen) atoms. The summed E-state index contributed by atoms with van der Waals surface area (Å²) < 4.78 is 76.2. The first kappa shape index (κ1) is 15.2. The van der Waals surface area contributed by atoms with E-state index < -0.39 is 29.6 Å². The zero-order valence-electron chi connectivity index (χ0n) is 10.5. The average molecular weight is 309 g/mol. The molecule has 0 aliphatic carbocycles. The summed E-state index contributed by atoms with van der Waals surface area (Å²) in [6, 6.07) is 3.75. The van der Waals surface area contributed by atoms with Crippen molar-refractivity contribution in [3.63, 3.8) is 0 Å². The van der Waals surface area contributed by atoms with Crippen LogP contribution in [0.25, 0.3) is 11.3 Å². The van der Waals surface area contributed by atoms with Crippen LogP contribution < -0.4 is 5.73 Å². The van der Waals surface area contributed by atoms with Gasteiger partial charge >= 0.3 is 12.4 Å². The highest BCUT2D eigenvalue weighted by Crippen LogP contribution is 2.39. The number of imidazole rings is 1. The third kappa shape index (κ3) is 2.96. The first-order valence-electron chi connectivity index (χ1n) is 5.61. The Kier molecular flexibility index (Phi) is 3.38. The van der Waals surface area contributed by atoms with Crippen molar-refractivity contribution in [2.24, 2.45) is 0 Å². The van der Waals surface area contributed by atoms with Crippen molar-refractivity contribution in [3.8, 4) is 11.3 Å². The second kappa shape index (κ2) is 4.68. The van der Waals surface area contributed by atoms with Crippen LogP contribution in [-0.4, -0.2) is 9.97 Å². The second-order valence-electron chi connectivity index (χ2n) is 4.38. The van der Waals surface area contributed by atoms with Gasteiger partial charge in [0, 0.05) is 11.3 Å². The first-order chi connectivity index (χ1) is 9.50. The van der Waals surface area contributed by atoms with Gasteiger partial charge in [-0.1, -0.05) is 6.07 Å². The molecule has 3 N–H and O–H groups in total. The highest BCUT2D eigenvalue weighted by atomic mass is 19.4. The highest BCUT2D eigenvalue weighted by molar-refractivity contribution is 5.67.